The molecule has 136 valence electrons. The number of rotatable bonds is 3. The van der Waals surface area contributed by atoms with Crippen molar-refractivity contribution < 1.29 is 4.79 Å². The van der Waals surface area contributed by atoms with E-state index in [4.69, 9.17) is 0 Å². The summed E-state index contributed by atoms with van der Waals surface area (Å²) in [5.41, 5.74) is 1.20. The Morgan fingerprint density at radius 1 is 1.12 bits per heavy atom. The van der Waals surface area contributed by atoms with Crippen molar-refractivity contribution in [2.24, 2.45) is 5.92 Å². The minimum absolute atomic E-state index is 0.0811. The van der Waals surface area contributed by atoms with Gasteiger partial charge in [-0.15, -0.1) is 0 Å². The second-order valence-electron chi connectivity index (χ2n) is 7.20. The van der Waals surface area contributed by atoms with Crippen LogP contribution in [0.4, 0.5) is 0 Å². The number of fused-ring (bicyclic) bond motifs is 3. The van der Waals surface area contributed by atoms with Gasteiger partial charge < -0.3 is 15.2 Å². The third kappa shape index (κ3) is 3.10. The number of benzene rings is 1. The molecule has 2 aromatic rings. The standard InChI is InChI=1S/C19H22N4O3/c1-11-16(18(25)22-19(26)20-11)13-2-4-14(5-3-13)17(24)21-15-10-23-8-6-12(15)7-9-23/h2-5,12,15H,6-10H2,1H3,(H,21,24)(H2,20,22,25,26)/t15-/m0/s1. The Morgan fingerprint density at radius 2 is 1.81 bits per heavy atom. The van der Waals surface area contributed by atoms with Crippen molar-refractivity contribution >= 4 is 5.91 Å². The van der Waals surface area contributed by atoms with Crippen LogP contribution < -0.4 is 16.6 Å². The molecule has 5 rings (SSSR count). The van der Waals surface area contributed by atoms with Crippen LogP contribution in [0.2, 0.25) is 0 Å². The maximum Gasteiger partial charge on any atom is 0.325 e. The van der Waals surface area contributed by atoms with E-state index < -0.39 is 11.2 Å². The van der Waals surface area contributed by atoms with E-state index in [9.17, 15) is 14.4 Å². The van der Waals surface area contributed by atoms with E-state index in [2.05, 4.69) is 20.2 Å². The number of aryl methyl sites for hydroxylation is 1. The Hall–Kier alpha value is -2.67. The lowest BCUT2D eigenvalue weighted by molar-refractivity contribution is 0.0620. The first-order valence-electron chi connectivity index (χ1n) is 8.98. The van der Waals surface area contributed by atoms with Crippen LogP contribution in [0, 0.1) is 12.8 Å². The van der Waals surface area contributed by atoms with Gasteiger partial charge in [0.05, 0.1) is 5.56 Å². The number of hydrogen-bond donors (Lipinski definition) is 3. The maximum atomic E-state index is 12.6. The minimum Gasteiger partial charge on any atom is -0.348 e. The summed E-state index contributed by atoms with van der Waals surface area (Å²) < 4.78 is 0. The largest absolute Gasteiger partial charge is 0.348 e. The van der Waals surface area contributed by atoms with Gasteiger partial charge in [0, 0.05) is 23.8 Å². The number of hydrogen-bond acceptors (Lipinski definition) is 4. The van der Waals surface area contributed by atoms with Crippen molar-refractivity contribution in [3.8, 4) is 11.1 Å². The number of aromatic amines is 2. The highest BCUT2D eigenvalue weighted by molar-refractivity contribution is 5.95. The van der Waals surface area contributed by atoms with E-state index in [0.29, 0.717) is 28.3 Å². The van der Waals surface area contributed by atoms with Gasteiger partial charge in [0.25, 0.3) is 11.5 Å². The predicted molar refractivity (Wildman–Crippen MR) is 98.3 cm³/mol. The van der Waals surface area contributed by atoms with Crippen LogP contribution in [0.3, 0.4) is 0 Å². The molecule has 1 amide bonds. The van der Waals surface area contributed by atoms with Gasteiger partial charge in [-0.05, 0) is 56.5 Å². The van der Waals surface area contributed by atoms with Crippen LogP contribution in [0.25, 0.3) is 11.1 Å². The molecular formula is C19H22N4O3. The molecule has 0 saturated carbocycles. The lowest BCUT2D eigenvalue weighted by Gasteiger charge is -2.44. The fourth-order valence-electron chi connectivity index (χ4n) is 4.12. The predicted octanol–water partition coefficient (Wildman–Crippen LogP) is 0.863. The highest BCUT2D eigenvalue weighted by atomic mass is 16.2. The van der Waals surface area contributed by atoms with E-state index in [1.54, 1.807) is 31.2 Å². The van der Waals surface area contributed by atoms with Crippen LogP contribution in [-0.4, -0.2) is 46.5 Å². The molecule has 0 spiro atoms. The van der Waals surface area contributed by atoms with Crippen LogP contribution in [-0.2, 0) is 0 Å². The smallest absolute Gasteiger partial charge is 0.325 e. The summed E-state index contributed by atoms with van der Waals surface area (Å²) in [4.78, 5) is 43.2. The summed E-state index contributed by atoms with van der Waals surface area (Å²) in [5, 5.41) is 3.16. The summed E-state index contributed by atoms with van der Waals surface area (Å²) in [5.74, 6) is 0.493. The molecule has 3 aliphatic heterocycles. The molecule has 3 N–H and O–H groups in total. The average molecular weight is 354 g/mol. The normalized spacial score (nSPS) is 24.4. The number of piperidine rings is 3. The Morgan fingerprint density at radius 3 is 2.38 bits per heavy atom. The first-order valence-corrected chi connectivity index (χ1v) is 8.98. The van der Waals surface area contributed by atoms with Gasteiger partial charge in [0.15, 0.2) is 0 Å². The van der Waals surface area contributed by atoms with Gasteiger partial charge in [0.1, 0.15) is 0 Å². The zero-order valence-corrected chi connectivity index (χ0v) is 14.7. The molecule has 3 fully saturated rings. The topological polar surface area (TPSA) is 98.1 Å². The summed E-state index contributed by atoms with van der Waals surface area (Å²) in [6, 6.07) is 7.13. The van der Waals surface area contributed by atoms with Gasteiger partial charge in [-0.1, -0.05) is 12.1 Å². The van der Waals surface area contributed by atoms with E-state index in [0.717, 1.165) is 32.5 Å². The number of carbonyl (C=O) groups is 1. The highest BCUT2D eigenvalue weighted by Crippen LogP contribution is 2.27. The van der Waals surface area contributed by atoms with Crippen molar-refractivity contribution in [2.75, 3.05) is 19.6 Å². The van der Waals surface area contributed by atoms with Crippen molar-refractivity contribution in [2.45, 2.75) is 25.8 Å². The summed E-state index contributed by atoms with van der Waals surface area (Å²) in [7, 11) is 0. The first-order chi connectivity index (χ1) is 12.5. The Bertz CT molecular complexity index is 936. The van der Waals surface area contributed by atoms with Crippen LogP contribution in [0.1, 0.15) is 28.9 Å². The number of carbonyl (C=O) groups excluding carboxylic acids is 1. The van der Waals surface area contributed by atoms with Gasteiger partial charge in [-0.3, -0.25) is 14.6 Å². The Kier molecular flexibility index (Phi) is 4.24. The molecule has 26 heavy (non-hydrogen) atoms. The lowest BCUT2D eigenvalue weighted by Crippen LogP contribution is -2.57. The van der Waals surface area contributed by atoms with E-state index in [1.165, 1.54) is 0 Å². The summed E-state index contributed by atoms with van der Waals surface area (Å²) in [6.07, 6.45) is 2.30. The molecule has 2 bridgehead atoms. The fraction of sp³-hybridized carbons (Fsp3) is 0.421. The molecule has 0 unspecified atom stereocenters. The van der Waals surface area contributed by atoms with Gasteiger partial charge in [0.2, 0.25) is 0 Å². The second kappa shape index (κ2) is 6.57. The number of amides is 1. The molecule has 1 atom stereocenters. The third-order valence-electron chi connectivity index (χ3n) is 5.54. The molecule has 3 aliphatic rings. The molecule has 3 saturated heterocycles. The van der Waals surface area contributed by atoms with Crippen molar-refractivity contribution in [1.82, 2.24) is 20.2 Å². The van der Waals surface area contributed by atoms with Crippen LogP contribution in [0.15, 0.2) is 33.9 Å². The van der Waals surface area contributed by atoms with E-state index in [1.807, 2.05) is 0 Å². The number of H-pyrrole nitrogens is 2. The zero-order chi connectivity index (χ0) is 18.3. The number of nitrogens with one attached hydrogen (secondary N) is 3. The van der Waals surface area contributed by atoms with Crippen molar-refractivity contribution in [3.63, 3.8) is 0 Å². The number of aromatic nitrogens is 2. The Balaban J connectivity index is 1.52. The van der Waals surface area contributed by atoms with Crippen molar-refractivity contribution in [3.05, 3.63) is 56.4 Å². The van der Waals surface area contributed by atoms with Gasteiger partial charge in [-0.25, -0.2) is 4.79 Å². The average Bonchev–Trinajstić information content (AvgIpc) is 2.62. The molecule has 1 aromatic carbocycles. The lowest BCUT2D eigenvalue weighted by atomic mass is 9.84. The second-order valence-corrected chi connectivity index (χ2v) is 7.20. The monoisotopic (exact) mass is 354 g/mol. The van der Waals surface area contributed by atoms with E-state index in [-0.39, 0.29) is 11.9 Å². The molecule has 7 heteroatoms. The molecule has 4 heterocycles. The fourth-order valence-corrected chi connectivity index (χ4v) is 4.12. The maximum absolute atomic E-state index is 12.6. The molecule has 0 radical (unpaired) electrons. The minimum atomic E-state index is -0.523. The highest BCUT2D eigenvalue weighted by Gasteiger charge is 2.34. The first kappa shape index (κ1) is 16.8. The van der Waals surface area contributed by atoms with Gasteiger partial charge >= 0.3 is 5.69 Å². The van der Waals surface area contributed by atoms with Gasteiger partial charge in [-0.2, -0.15) is 0 Å². The third-order valence-corrected chi connectivity index (χ3v) is 5.54. The quantitative estimate of drug-likeness (QED) is 0.761. The van der Waals surface area contributed by atoms with Crippen molar-refractivity contribution in [1.29, 1.82) is 0 Å². The zero-order valence-electron chi connectivity index (χ0n) is 14.7. The summed E-state index contributed by atoms with van der Waals surface area (Å²) >= 11 is 0. The van der Waals surface area contributed by atoms with Crippen LogP contribution >= 0.6 is 0 Å². The number of nitrogens with zero attached hydrogens (tertiary/aromatic N) is 1. The molecular weight excluding hydrogens is 332 g/mol. The van der Waals surface area contributed by atoms with Crippen LogP contribution in [0.5, 0.6) is 0 Å². The van der Waals surface area contributed by atoms with E-state index >= 15 is 0 Å². The summed E-state index contributed by atoms with van der Waals surface area (Å²) in [6.45, 7) is 4.89. The molecule has 7 nitrogen and oxygen atoms in total. The SMILES string of the molecule is Cc1[nH]c(=O)[nH]c(=O)c1-c1ccc(C(=O)N[C@H]2CN3CCC2CC3)cc1. The molecule has 0 aliphatic carbocycles. The molecule has 1 aromatic heterocycles. The Labute approximate surface area is 150 Å².